The molecule has 1 saturated heterocycles. The Morgan fingerprint density at radius 2 is 2.07 bits per heavy atom. The van der Waals surface area contributed by atoms with Gasteiger partial charge in [-0.1, -0.05) is 13.8 Å². The van der Waals surface area contributed by atoms with Crippen LogP contribution in [0, 0.1) is 5.92 Å². The number of hydrogen-bond donors (Lipinski definition) is 1. The molecule has 1 N–H and O–H groups in total. The van der Waals surface area contributed by atoms with Crippen molar-refractivity contribution in [3.63, 3.8) is 0 Å². The summed E-state index contributed by atoms with van der Waals surface area (Å²) in [5.41, 5.74) is 0. The number of carbonyl (C=O) groups is 1. The molecule has 1 amide bonds. The summed E-state index contributed by atoms with van der Waals surface area (Å²) in [7, 11) is 0. The first kappa shape index (κ1) is 12.5. The van der Waals surface area contributed by atoms with Crippen LogP contribution in [-0.4, -0.2) is 50.2 Å². The summed E-state index contributed by atoms with van der Waals surface area (Å²) in [6.07, 6.45) is 0.604. The topological polar surface area (TPSA) is 41.6 Å². The minimum atomic E-state index is 0.245. The Balaban J connectivity index is 2.07. The fourth-order valence-electron chi connectivity index (χ4n) is 1.56. The largest absolute Gasteiger partial charge is 0.378 e. The molecule has 88 valence electrons. The molecule has 0 spiro atoms. The maximum absolute atomic E-state index is 11.7. The Hall–Kier alpha value is -0.610. The molecule has 0 aromatic rings. The second kappa shape index (κ2) is 6.80. The van der Waals surface area contributed by atoms with Crippen LogP contribution in [0.15, 0.2) is 0 Å². The van der Waals surface area contributed by atoms with Crippen molar-refractivity contribution in [2.24, 2.45) is 5.92 Å². The number of rotatable bonds is 5. The predicted molar refractivity (Wildman–Crippen MR) is 59.7 cm³/mol. The highest BCUT2D eigenvalue weighted by Crippen LogP contribution is 1.99. The van der Waals surface area contributed by atoms with E-state index in [2.05, 4.69) is 19.2 Å². The Labute approximate surface area is 92.0 Å². The molecule has 4 heteroatoms. The van der Waals surface area contributed by atoms with E-state index in [-0.39, 0.29) is 5.91 Å². The zero-order chi connectivity index (χ0) is 11.1. The zero-order valence-corrected chi connectivity index (χ0v) is 9.79. The fourth-order valence-corrected chi connectivity index (χ4v) is 1.56. The van der Waals surface area contributed by atoms with Gasteiger partial charge in [-0.2, -0.15) is 0 Å². The van der Waals surface area contributed by atoms with Crippen molar-refractivity contribution in [2.45, 2.75) is 20.3 Å². The Morgan fingerprint density at radius 3 is 2.67 bits per heavy atom. The standard InChI is InChI=1S/C11H22N2O2/c1-10(2)9-12-4-3-11(14)13-5-7-15-8-6-13/h10,12H,3-9H2,1-2H3. The predicted octanol–water partition coefficient (Wildman–Crippen LogP) is 0.481. The lowest BCUT2D eigenvalue weighted by molar-refractivity contribution is -0.135. The molecular formula is C11H22N2O2. The van der Waals surface area contributed by atoms with Crippen molar-refractivity contribution in [1.29, 1.82) is 0 Å². The van der Waals surface area contributed by atoms with Gasteiger partial charge in [-0.25, -0.2) is 0 Å². The average molecular weight is 214 g/mol. The first-order chi connectivity index (χ1) is 7.20. The molecule has 0 aromatic carbocycles. The van der Waals surface area contributed by atoms with E-state index < -0.39 is 0 Å². The minimum Gasteiger partial charge on any atom is -0.378 e. The van der Waals surface area contributed by atoms with E-state index in [1.54, 1.807) is 0 Å². The maximum atomic E-state index is 11.7. The van der Waals surface area contributed by atoms with E-state index in [0.29, 0.717) is 25.6 Å². The van der Waals surface area contributed by atoms with Gasteiger partial charge in [-0.05, 0) is 12.5 Å². The van der Waals surface area contributed by atoms with Gasteiger partial charge in [0, 0.05) is 26.1 Å². The van der Waals surface area contributed by atoms with Crippen LogP contribution in [0.1, 0.15) is 20.3 Å². The molecule has 0 bridgehead atoms. The van der Waals surface area contributed by atoms with Gasteiger partial charge in [0.1, 0.15) is 0 Å². The minimum absolute atomic E-state index is 0.245. The van der Waals surface area contributed by atoms with Crippen LogP contribution in [0.4, 0.5) is 0 Å². The summed E-state index contributed by atoms with van der Waals surface area (Å²) in [6, 6.07) is 0. The van der Waals surface area contributed by atoms with E-state index in [0.717, 1.165) is 26.2 Å². The normalized spacial score (nSPS) is 17.1. The molecule has 0 saturated carbocycles. The summed E-state index contributed by atoms with van der Waals surface area (Å²) < 4.78 is 5.20. The zero-order valence-electron chi connectivity index (χ0n) is 9.79. The van der Waals surface area contributed by atoms with Gasteiger partial charge in [0.25, 0.3) is 0 Å². The first-order valence-electron chi connectivity index (χ1n) is 5.76. The van der Waals surface area contributed by atoms with Crippen molar-refractivity contribution in [3.8, 4) is 0 Å². The molecular weight excluding hydrogens is 192 g/mol. The quantitative estimate of drug-likeness (QED) is 0.677. The lowest BCUT2D eigenvalue weighted by Gasteiger charge is -2.26. The summed E-state index contributed by atoms with van der Waals surface area (Å²) >= 11 is 0. The van der Waals surface area contributed by atoms with Gasteiger partial charge < -0.3 is 15.0 Å². The third kappa shape index (κ3) is 5.14. The highest BCUT2D eigenvalue weighted by molar-refractivity contribution is 5.76. The third-order valence-corrected chi connectivity index (χ3v) is 2.43. The molecule has 1 aliphatic rings. The van der Waals surface area contributed by atoms with Crippen molar-refractivity contribution in [2.75, 3.05) is 39.4 Å². The van der Waals surface area contributed by atoms with Gasteiger partial charge >= 0.3 is 0 Å². The molecule has 15 heavy (non-hydrogen) atoms. The van der Waals surface area contributed by atoms with Gasteiger partial charge in [0.2, 0.25) is 5.91 Å². The van der Waals surface area contributed by atoms with Crippen LogP contribution in [-0.2, 0) is 9.53 Å². The van der Waals surface area contributed by atoms with Crippen molar-refractivity contribution >= 4 is 5.91 Å². The summed E-state index contributed by atoms with van der Waals surface area (Å²) in [6.45, 7) is 8.97. The van der Waals surface area contributed by atoms with E-state index in [1.165, 1.54) is 0 Å². The number of nitrogens with zero attached hydrogens (tertiary/aromatic N) is 1. The fraction of sp³-hybridized carbons (Fsp3) is 0.909. The third-order valence-electron chi connectivity index (χ3n) is 2.43. The van der Waals surface area contributed by atoms with Gasteiger partial charge in [-0.3, -0.25) is 4.79 Å². The highest BCUT2D eigenvalue weighted by Gasteiger charge is 2.15. The lowest BCUT2D eigenvalue weighted by atomic mass is 10.2. The molecule has 0 unspecified atom stereocenters. The second-order valence-electron chi connectivity index (χ2n) is 4.34. The molecule has 0 radical (unpaired) electrons. The smallest absolute Gasteiger partial charge is 0.224 e. The number of nitrogens with one attached hydrogen (secondary N) is 1. The molecule has 0 atom stereocenters. The number of morpholine rings is 1. The van der Waals surface area contributed by atoms with Gasteiger partial charge in [0.15, 0.2) is 0 Å². The second-order valence-corrected chi connectivity index (χ2v) is 4.34. The van der Waals surface area contributed by atoms with Crippen molar-refractivity contribution in [3.05, 3.63) is 0 Å². The molecule has 1 aliphatic heterocycles. The molecule has 0 aromatic heterocycles. The Morgan fingerprint density at radius 1 is 1.40 bits per heavy atom. The van der Waals surface area contributed by atoms with Crippen LogP contribution in [0.2, 0.25) is 0 Å². The van der Waals surface area contributed by atoms with Crippen LogP contribution in [0.3, 0.4) is 0 Å². The first-order valence-corrected chi connectivity index (χ1v) is 5.76. The van der Waals surface area contributed by atoms with Crippen LogP contribution in [0.25, 0.3) is 0 Å². The van der Waals surface area contributed by atoms with Crippen LogP contribution in [0.5, 0.6) is 0 Å². The Bertz CT molecular complexity index is 189. The Kier molecular flexibility index (Phi) is 5.65. The number of carbonyl (C=O) groups excluding carboxylic acids is 1. The number of amides is 1. The average Bonchev–Trinajstić information content (AvgIpc) is 2.25. The molecule has 1 rings (SSSR count). The van der Waals surface area contributed by atoms with E-state index in [1.807, 2.05) is 4.90 Å². The number of hydrogen-bond acceptors (Lipinski definition) is 3. The molecule has 0 aliphatic carbocycles. The maximum Gasteiger partial charge on any atom is 0.224 e. The highest BCUT2D eigenvalue weighted by atomic mass is 16.5. The molecule has 1 heterocycles. The summed E-state index contributed by atoms with van der Waals surface area (Å²) in [4.78, 5) is 13.6. The van der Waals surface area contributed by atoms with E-state index >= 15 is 0 Å². The molecule has 1 fully saturated rings. The summed E-state index contributed by atoms with van der Waals surface area (Å²) in [5.74, 6) is 0.887. The van der Waals surface area contributed by atoms with E-state index in [4.69, 9.17) is 4.74 Å². The lowest BCUT2D eigenvalue weighted by Crippen LogP contribution is -2.41. The van der Waals surface area contributed by atoms with E-state index in [9.17, 15) is 4.79 Å². The monoisotopic (exact) mass is 214 g/mol. The van der Waals surface area contributed by atoms with Crippen LogP contribution >= 0.6 is 0 Å². The molecule has 4 nitrogen and oxygen atoms in total. The van der Waals surface area contributed by atoms with Crippen molar-refractivity contribution in [1.82, 2.24) is 10.2 Å². The summed E-state index contributed by atoms with van der Waals surface area (Å²) in [5, 5.41) is 3.28. The van der Waals surface area contributed by atoms with Gasteiger partial charge in [-0.15, -0.1) is 0 Å². The van der Waals surface area contributed by atoms with Crippen molar-refractivity contribution < 1.29 is 9.53 Å². The SMILES string of the molecule is CC(C)CNCCC(=O)N1CCOCC1. The van der Waals surface area contributed by atoms with Crippen LogP contribution < -0.4 is 5.32 Å². The van der Waals surface area contributed by atoms with Gasteiger partial charge in [0.05, 0.1) is 13.2 Å². The number of ether oxygens (including phenoxy) is 1.